The van der Waals surface area contributed by atoms with Crippen LogP contribution in [0.3, 0.4) is 0 Å². The molecule has 2 heterocycles. The van der Waals surface area contributed by atoms with Crippen LogP contribution in [0.15, 0.2) is 85.1 Å². The molecule has 0 aliphatic heterocycles. The van der Waals surface area contributed by atoms with E-state index in [2.05, 4.69) is 9.72 Å². The van der Waals surface area contributed by atoms with Crippen molar-refractivity contribution in [3.05, 3.63) is 96.3 Å². The van der Waals surface area contributed by atoms with Crippen molar-refractivity contribution in [3.8, 4) is 39.6 Å². The zero-order chi connectivity index (χ0) is 31.1. The van der Waals surface area contributed by atoms with Crippen LogP contribution in [0.25, 0.3) is 38.8 Å². The van der Waals surface area contributed by atoms with Gasteiger partial charge < -0.3 is 19.1 Å². The van der Waals surface area contributed by atoms with Crippen molar-refractivity contribution in [2.45, 2.75) is 32.5 Å². The molecular formula is C31H22F6N2O4. The quantitative estimate of drug-likeness (QED) is 0.189. The van der Waals surface area contributed by atoms with Crippen LogP contribution in [0.4, 0.5) is 26.3 Å². The Kier molecular flexibility index (Phi) is 7.55. The Morgan fingerprint density at radius 1 is 0.837 bits per heavy atom. The lowest BCUT2D eigenvalue weighted by molar-refractivity contribution is -0.274. The highest BCUT2D eigenvalue weighted by Crippen LogP contribution is 2.40. The number of hydrogen-bond acceptors (Lipinski definition) is 4. The molecule has 0 amide bonds. The van der Waals surface area contributed by atoms with E-state index < -0.39 is 29.8 Å². The molecule has 3 aromatic carbocycles. The summed E-state index contributed by atoms with van der Waals surface area (Å²) in [6, 6.07) is 17.3. The van der Waals surface area contributed by atoms with Gasteiger partial charge in [-0.15, -0.1) is 13.2 Å². The molecule has 1 N–H and O–H groups in total. The summed E-state index contributed by atoms with van der Waals surface area (Å²) >= 11 is 0. The number of carboxylic acid groups (broad SMARTS) is 1. The minimum absolute atomic E-state index is 0.162. The molecular weight excluding hydrogens is 578 g/mol. The summed E-state index contributed by atoms with van der Waals surface area (Å²) < 4.78 is 88.4. The average Bonchev–Trinajstić information content (AvgIpc) is 3.27. The SMILES string of the molecule is CC(C)Oc1ccc(-c2c(C(=O)O)n(-c3ccc(OC(F)(F)F)cc3)c3ccc(-c4ccc(C(F)(F)F)cc4)cc23)cn1. The Hall–Kier alpha value is -5.00. The van der Waals surface area contributed by atoms with Crippen molar-refractivity contribution in [1.82, 2.24) is 9.55 Å². The first-order chi connectivity index (χ1) is 20.2. The van der Waals surface area contributed by atoms with Gasteiger partial charge >= 0.3 is 18.5 Å². The second kappa shape index (κ2) is 11.0. The van der Waals surface area contributed by atoms with E-state index in [1.807, 2.05) is 13.8 Å². The molecule has 0 atom stereocenters. The summed E-state index contributed by atoms with van der Waals surface area (Å²) in [5.41, 5.74) is 1.21. The van der Waals surface area contributed by atoms with Crippen molar-refractivity contribution < 1.29 is 45.7 Å². The monoisotopic (exact) mass is 600 g/mol. The minimum atomic E-state index is -4.91. The first-order valence-electron chi connectivity index (χ1n) is 12.8. The summed E-state index contributed by atoms with van der Waals surface area (Å²) in [6.45, 7) is 3.64. The van der Waals surface area contributed by atoms with E-state index in [0.717, 1.165) is 24.3 Å². The lowest BCUT2D eigenvalue weighted by Gasteiger charge is -2.12. The van der Waals surface area contributed by atoms with Gasteiger partial charge in [-0.2, -0.15) is 13.2 Å². The topological polar surface area (TPSA) is 73.6 Å². The molecule has 0 saturated carbocycles. The van der Waals surface area contributed by atoms with Crippen LogP contribution in [0.2, 0.25) is 0 Å². The Balaban J connectivity index is 1.72. The molecule has 0 radical (unpaired) electrons. The lowest BCUT2D eigenvalue weighted by Crippen LogP contribution is -2.17. The van der Waals surface area contributed by atoms with Crippen LogP contribution in [0, 0.1) is 0 Å². The van der Waals surface area contributed by atoms with Gasteiger partial charge in [0.05, 0.1) is 17.2 Å². The van der Waals surface area contributed by atoms with Gasteiger partial charge in [-0.3, -0.25) is 0 Å². The number of carbonyl (C=O) groups is 1. The highest BCUT2D eigenvalue weighted by molar-refractivity contribution is 6.10. The normalized spacial score (nSPS) is 12.1. The average molecular weight is 601 g/mol. The van der Waals surface area contributed by atoms with Gasteiger partial charge in [0.15, 0.2) is 0 Å². The molecule has 0 spiro atoms. The number of benzene rings is 3. The van der Waals surface area contributed by atoms with E-state index in [0.29, 0.717) is 33.5 Å². The predicted octanol–water partition coefficient (Wildman–Crippen LogP) is 8.76. The number of aromatic carboxylic acids is 1. The molecule has 12 heteroatoms. The second-order valence-corrected chi connectivity index (χ2v) is 9.76. The van der Waals surface area contributed by atoms with Crippen LogP contribution >= 0.6 is 0 Å². The van der Waals surface area contributed by atoms with Crippen molar-refractivity contribution in [2.75, 3.05) is 0 Å². The molecule has 0 bridgehead atoms. The molecule has 222 valence electrons. The molecule has 0 aliphatic carbocycles. The third-order valence-electron chi connectivity index (χ3n) is 6.43. The largest absolute Gasteiger partial charge is 0.573 e. The van der Waals surface area contributed by atoms with Crippen LogP contribution in [-0.4, -0.2) is 33.1 Å². The summed E-state index contributed by atoms with van der Waals surface area (Å²) in [4.78, 5) is 17.1. The van der Waals surface area contributed by atoms with E-state index in [-0.39, 0.29) is 23.0 Å². The van der Waals surface area contributed by atoms with Crippen LogP contribution in [0.1, 0.15) is 29.9 Å². The molecule has 0 unspecified atom stereocenters. The number of pyridine rings is 1. The zero-order valence-electron chi connectivity index (χ0n) is 22.5. The van der Waals surface area contributed by atoms with Gasteiger partial charge in [0, 0.05) is 34.5 Å². The Bertz CT molecular complexity index is 1770. The molecule has 5 aromatic rings. The summed E-state index contributed by atoms with van der Waals surface area (Å²) in [6.07, 6.45) is -8.14. The summed E-state index contributed by atoms with van der Waals surface area (Å²) in [5.74, 6) is -1.51. The van der Waals surface area contributed by atoms with Crippen molar-refractivity contribution in [3.63, 3.8) is 0 Å². The number of ether oxygens (including phenoxy) is 2. The third kappa shape index (κ3) is 6.27. The van der Waals surface area contributed by atoms with Gasteiger partial charge in [-0.25, -0.2) is 9.78 Å². The van der Waals surface area contributed by atoms with E-state index in [1.165, 1.54) is 35.0 Å². The van der Waals surface area contributed by atoms with Gasteiger partial charge in [-0.1, -0.05) is 18.2 Å². The van der Waals surface area contributed by atoms with Crippen LogP contribution in [-0.2, 0) is 6.18 Å². The molecule has 2 aromatic heterocycles. The number of nitrogens with zero attached hydrogens (tertiary/aromatic N) is 2. The van der Waals surface area contributed by atoms with Crippen LogP contribution in [0.5, 0.6) is 11.6 Å². The number of hydrogen-bond donors (Lipinski definition) is 1. The highest BCUT2D eigenvalue weighted by Gasteiger charge is 2.32. The number of fused-ring (bicyclic) bond motifs is 1. The van der Waals surface area contributed by atoms with Crippen LogP contribution < -0.4 is 9.47 Å². The van der Waals surface area contributed by atoms with Gasteiger partial charge in [0.25, 0.3) is 0 Å². The Morgan fingerprint density at radius 2 is 1.47 bits per heavy atom. The third-order valence-corrected chi connectivity index (χ3v) is 6.43. The fraction of sp³-hybridized carbons (Fsp3) is 0.161. The van der Waals surface area contributed by atoms with Gasteiger partial charge in [-0.05, 0) is 79.6 Å². The van der Waals surface area contributed by atoms with E-state index in [1.54, 1.807) is 30.3 Å². The molecule has 0 saturated heterocycles. The predicted molar refractivity (Wildman–Crippen MR) is 146 cm³/mol. The standard InChI is InChI=1S/C31H22F6N2O4/c1-17(2)42-26-14-6-20(16-38-26)27-24-15-19(18-3-7-21(8-4-18)30(32,33)34)5-13-25(24)39(28(27)29(40)41)22-9-11-23(12-10-22)43-31(35,36)37/h3-17H,1-2H3,(H,40,41). The summed E-state index contributed by atoms with van der Waals surface area (Å²) in [7, 11) is 0. The first-order valence-corrected chi connectivity index (χ1v) is 12.8. The Morgan fingerprint density at radius 3 is 2.00 bits per heavy atom. The second-order valence-electron chi connectivity index (χ2n) is 9.76. The molecule has 43 heavy (non-hydrogen) atoms. The number of aromatic nitrogens is 2. The van der Waals surface area contributed by atoms with Crippen molar-refractivity contribution >= 4 is 16.9 Å². The maximum absolute atomic E-state index is 13.1. The lowest BCUT2D eigenvalue weighted by atomic mass is 9.98. The van der Waals surface area contributed by atoms with E-state index in [9.17, 15) is 36.2 Å². The molecule has 6 nitrogen and oxygen atoms in total. The Labute approximate surface area is 240 Å². The fourth-order valence-electron chi connectivity index (χ4n) is 4.72. The van der Waals surface area contributed by atoms with E-state index >= 15 is 0 Å². The number of rotatable bonds is 7. The maximum Gasteiger partial charge on any atom is 0.573 e. The maximum atomic E-state index is 13.1. The number of alkyl halides is 6. The van der Waals surface area contributed by atoms with Crippen molar-refractivity contribution in [2.24, 2.45) is 0 Å². The fourth-order valence-corrected chi connectivity index (χ4v) is 4.72. The smallest absolute Gasteiger partial charge is 0.477 e. The van der Waals surface area contributed by atoms with Gasteiger partial charge in [0.2, 0.25) is 5.88 Å². The molecule has 0 aliphatic rings. The minimum Gasteiger partial charge on any atom is -0.477 e. The molecule has 5 rings (SSSR count). The molecule has 0 fully saturated rings. The van der Waals surface area contributed by atoms with E-state index in [4.69, 9.17) is 4.74 Å². The zero-order valence-corrected chi connectivity index (χ0v) is 22.5. The number of carboxylic acids is 1. The van der Waals surface area contributed by atoms with Crippen molar-refractivity contribution in [1.29, 1.82) is 0 Å². The van der Waals surface area contributed by atoms with Gasteiger partial charge in [0.1, 0.15) is 11.4 Å². The summed E-state index contributed by atoms with van der Waals surface area (Å²) in [5, 5.41) is 10.8. The first kappa shape index (κ1) is 29.5. The number of halogens is 6. The highest BCUT2D eigenvalue weighted by atomic mass is 19.4.